The first kappa shape index (κ1) is 18.1. The van der Waals surface area contributed by atoms with Gasteiger partial charge in [0, 0.05) is 24.1 Å². The van der Waals surface area contributed by atoms with Crippen molar-refractivity contribution in [1.82, 2.24) is 4.72 Å². The van der Waals surface area contributed by atoms with Crippen LogP contribution >= 0.6 is 11.9 Å². The summed E-state index contributed by atoms with van der Waals surface area (Å²) in [5, 5.41) is 9.89. The number of ether oxygens (including phenoxy) is 1. The van der Waals surface area contributed by atoms with Gasteiger partial charge in [0.2, 0.25) is 0 Å². The number of para-hydroxylation sites is 1. The average Bonchev–Trinajstić information content (AvgIpc) is 2.98. The molecule has 9 heteroatoms. The molecule has 8 nitrogen and oxygen atoms in total. The monoisotopic (exact) mass is 371 g/mol. The van der Waals surface area contributed by atoms with Gasteiger partial charge in [0.25, 0.3) is 5.91 Å². The molecule has 1 amide bonds. The molecule has 3 N–H and O–H groups in total. The Labute approximate surface area is 154 Å². The third-order valence-electron chi connectivity index (χ3n) is 3.60. The van der Waals surface area contributed by atoms with Gasteiger partial charge in [0.15, 0.2) is 5.71 Å². The number of nitrogens with zero attached hydrogens (tertiary/aromatic N) is 2. The van der Waals surface area contributed by atoms with Gasteiger partial charge in [-0.15, -0.1) is 4.91 Å². The van der Waals surface area contributed by atoms with E-state index in [1.807, 2.05) is 18.2 Å². The summed E-state index contributed by atoms with van der Waals surface area (Å²) in [5.74, 6) is -0.307. The van der Waals surface area contributed by atoms with E-state index in [1.54, 1.807) is 31.4 Å². The van der Waals surface area contributed by atoms with Crippen LogP contribution < -0.4 is 15.5 Å². The van der Waals surface area contributed by atoms with Crippen LogP contribution in [0, 0.1) is 4.91 Å². The fourth-order valence-electron chi connectivity index (χ4n) is 2.35. The maximum Gasteiger partial charge on any atom is 0.276 e. The maximum atomic E-state index is 12.2. The van der Waals surface area contributed by atoms with E-state index in [1.165, 1.54) is 11.9 Å². The van der Waals surface area contributed by atoms with Gasteiger partial charge in [-0.1, -0.05) is 12.1 Å². The molecule has 0 spiro atoms. The van der Waals surface area contributed by atoms with Crippen LogP contribution in [0.25, 0.3) is 0 Å². The van der Waals surface area contributed by atoms with Crippen molar-refractivity contribution in [3.63, 3.8) is 0 Å². The highest BCUT2D eigenvalue weighted by Crippen LogP contribution is 2.29. The van der Waals surface area contributed by atoms with Crippen LogP contribution in [-0.2, 0) is 9.53 Å². The van der Waals surface area contributed by atoms with E-state index >= 15 is 0 Å². The standard InChI is InChI=1S/C17H17N5O3S/c1-25-9-8-18-26-11-6-7-13-12(10-11)16(17(23)19-13)21-20-14-4-2-3-5-15(14)22-24/h2-7,10,18,20H,8-9H2,1H3,(H,19,21,23). The highest BCUT2D eigenvalue weighted by atomic mass is 32.2. The molecule has 0 unspecified atom stereocenters. The second-order valence-electron chi connectivity index (χ2n) is 5.33. The van der Waals surface area contributed by atoms with Gasteiger partial charge < -0.3 is 10.1 Å². The molecule has 0 bridgehead atoms. The topological polar surface area (TPSA) is 104 Å². The van der Waals surface area contributed by atoms with Gasteiger partial charge in [0.1, 0.15) is 5.69 Å². The Hall–Kier alpha value is -2.75. The number of rotatable bonds is 8. The third kappa shape index (κ3) is 4.07. The van der Waals surface area contributed by atoms with Crippen molar-refractivity contribution in [1.29, 1.82) is 0 Å². The summed E-state index contributed by atoms with van der Waals surface area (Å²) in [6.45, 7) is 1.31. The van der Waals surface area contributed by atoms with Crippen molar-refractivity contribution in [3.05, 3.63) is 52.9 Å². The summed E-state index contributed by atoms with van der Waals surface area (Å²) in [4.78, 5) is 24.0. The van der Waals surface area contributed by atoms with Gasteiger partial charge >= 0.3 is 0 Å². The third-order valence-corrected chi connectivity index (χ3v) is 4.44. The zero-order valence-electron chi connectivity index (χ0n) is 14.0. The van der Waals surface area contributed by atoms with E-state index < -0.39 is 0 Å². The highest BCUT2D eigenvalue weighted by Gasteiger charge is 2.26. The molecule has 0 aromatic heterocycles. The van der Waals surface area contributed by atoms with Crippen LogP contribution in [0.1, 0.15) is 5.56 Å². The number of hydrogen-bond donors (Lipinski definition) is 3. The largest absolute Gasteiger partial charge is 0.383 e. The van der Waals surface area contributed by atoms with E-state index in [-0.39, 0.29) is 17.3 Å². The quantitative estimate of drug-likeness (QED) is 0.285. The lowest BCUT2D eigenvalue weighted by atomic mass is 10.1. The number of hydrogen-bond acceptors (Lipinski definition) is 8. The smallest absolute Gasteiger partial charge is 0.276 e. The molecular formula is C17H17N5O3S. The van der Waals surface area contributed by atoms with E-state index in [9.17, 15) is 9.70 Å². The first-order valence-electron chi connectivity index (χ1n) is 7.83. The average molecular weight is 371 g/mol. The first-order chi connectivity index (χ1) is 12.7. The summed E-state index contributed by atoms with van der Waals surface area (Å²) in [6.07, 6.45) is 0. The zero-order chi connectivity index (χ0) is 18.4. The van der Waals surface area contributed by atoms with Crippen molar-refractivity contribution in [3.8, 4) is 0 Å². The molecule has 0 aliphatic carbocycles. The molecule has 1 aliphatic heterocycles. The Bertz CT molecular complexity index is 856. The number of benzene rings is 2. The fraction of sp³-hybridized carbons (Fsp3) is 0.176. The molecule has 0 radical (unpaired) electrons. The van der Waals surface area contributed by atoms with Crippen molar-refractivity contribution < 1.29 is 9.53 Å². The second kappa shape index (κ2) is 8.56. The summed E-state index contributed by atoms with van der Waals surface area (Å²) < 4.78 is 8.17. The van der Waals surface area contributed by atoms with E-state index in [0.29, 0.717) is 30.1 Å². The molecule has 1 heterocycles. The Morgan fingerprint density at radius 1 is 1.23 bits per heavy atom. The van der Waals surface area contributed by atoms with Crippen molar-refractivity contribution in [2.75, 3.05) is 31.0 Å². The molecule has 26 heavy (non-hydrogen) atoms. The molecule has 0 saturated carbocycles. The minimum Gasteiger partial charge on any atom is -0.383 e. The second-order valence-corrected chi connectivity index (χ2v) is 6.30. The predicted octanol–water partition coefficient (Wildman–Crippen LogP) is 3.10. The normalized spacial score (nSPS) is 14.2. The fourth-order valence-corrected chi connectivity index (χ4v) is 3.01. The number of nitrogens with one attached hydrogen (secondary N) is 3. The van der Waals surface area contributed by atoms with Crippen LogP contribution in [0.2, 0.25) is 0 Å². The molecule has 2 aromatic carbocycles. The van der Waals surface area contributed by atoms with Gasteiger partial charge in [-0.05, 0) is 47.5 Å². The maximum absolute atomic E-state index is 12.2. The lowest BCUT2D eigenvalue weighted by Crippen LogP contribution is -2.16. The zero-order valence-corrected chi connectivity index (χ0v) is 14.8. The molecular weight excluding hydrogens is 354 g/mol. The molecule has 0 saturated heterocycles. The first-order valence-corrected chi connectivity index (χ1v) is 8.65. The molecule has 3 rings (SSSR count). The van der Waals surface area contributed by atoms with Crippen molar-refractivity contribution in [2.24, 2.45) is 10.3 Å². The Morgan fingerprint density at radius 3 is 2.88 bits per heavy atom. The Morgan fingerprint density at radius 2 is 2.08 bits per heavy atom. The van der Waals surface area contributed by atoms with Crippen LogP contribution in [0.3, 0.4) is 0 Å². The minimum absolute atomic E-state index is 0.224. The van der Waals surface area contributed by atoms with Crippen LogP contribution in [0.5, 0.6) is 0 Å². The molecule has 0 fully saturated rings. The Kier molecular flexibility index (Phi) is 5.95. The summed E-state index contributed by atoms with van der Waals surface area (Å²) in [6, 6.07) is 12.3. The van der Waals surface area contributed by atoms with Gasteiger partial charge in [-0.2, -0.15) is 5.10 Å². The lowest BCUT2D eigenvalue weighted by molar-refractivity contribution is -0.110. The lowest BCUT2D eigenvalue weighted by Gasteiger charge is -2.06. The van der Waals surface area contributed by atoms with Crippen molar-refractivity contribution >= 4 is 40.6 Å². The van der Waals surface area contributed by atoms with E-state index in [0.717, 1.165) is 4.90 Å². The molecule has 134 valence electrons. The van der Waals surface area contributed by atoms with Gasteiger partial charge in [0.05, 0.1) is 18.0 Å². The van der Waals surface area contributed by atoms with E-state index in [4.69, 9.17) is 4.74 Å². The van der Waals surface area contributed by atoms with E-state index in [2.05, 4.69) is 25.7 Å². The number of methoxy groups -OCH3 is 1. The number of carbonyl (C=O) groups excluding carboxylic acids is 1. The van der Waals surface area contributed by atoms with Gasteiger partial charge in [-0.3, -0.25) is 14.9 Å². The molecule has 1 aliphatic rings. The van der Waals surface area contributed by atoms with Crippen LogP contribution in [0.4, 0.5) is 17.1 Å². The number of amides is 1. The molecule has 0 atom stereocenters. The Balaban J connectivity index is 1.79. The summed E-state index contributed by atoms with van der Waals surface area (Å²) in [5.41, 5.74) is 5.04. The highest BCUT2D eigenvalue weighted by molar-refractivity contribution is 7.97. The minimum atomic E-state index is -0.307. The van der Waals surface area contributed by atoms with Crippen molar-refractivity contribution in [2.45, 2.75) is 4.90 Å². The SMILES string of the molecule is COCCNSc1ccc2c(c1)/C(=N/Nc1ccccc1N=O)C(=O)N2. The predicted molar refractivity (Wildman–Crippen MR) is 103 cm³/mol. The van der Waals surface area contributed by atoms with Gasteiger partial charge in [-0.25, -0.2) is 0 Å². The number of anilines is 2. The number of carbonyl (C=O) groups is 1. The number of fused-ring (bicyclic) bond motifs is 1. The summed E-state index contributed by atoms with van der Waals surface area (Å²) in [7, 11) is 1.65. The number of nitroso groups, excluding NO2 is 1. The van der Waals surface area contributed by atoms with Crippen LogP contribution in [0.15, 0.2) is 57.6 Å². The number of hydrazone groups is 1. The van der Waals surface area contributed by atoms with Crippen LogP contribution in [-0.4, -0.2) is 31.9 Å². The summed E-state index contributed by atoms with van der Waals surface area (Å²) >= 11 is 1.45. The molecule has 2 aromatic rings.